The number of aliphatic imine (C=N–C) groups is 1. The molecule has 182 valence electrons. The molecular weight excluding hydrogens is 479 g/mol. The first kappa shape index (κ1) is 25.8. The molecule has 0 saturated heterocycles. The molecular formula is C25H28Cl2N2O5. The van der Waals surface area contributed by atoms with Crippen LogP contribution in [-0.4, -0.2) is 37.5 Å². The van der Waals surface area contributed by atoms with Gasteiger partial charge < -0.3 is 19.1 Å². The fraction of sp³-hybridized carbons (Fsp3) is 0.400. The summed E-state index contributed by atoms with van der Waals surface area (Å²) in [5.41, 5.74) is 2.14. The molecule has 0 fully saturated rings. The Morgan fingerprint density at radius 1 is 1.12 bits per heavy atom. The Morgan fingerprint density at radius 2 is 1.85 bits per heavy atom. The summed E-state index contributed by atoms with van der Waals surface area (Å²) in [7, 11) is 3.18. The van der Waals surface area contributed by atoms with E-state index in [1.165, 1.54) is 4.90 Å². The Kier molecular flexibility index (Phi) is 8.10. The smallest absolute Gasteiger partial charge is 0.306 e. The number of rotatable bonds is 7. The molecule has 0 radical (unpaired) electrons. The van der Waals surface area contributed by atoms with E-state index in [1.54, 1.807) is 47.1 Å². The van der Waals surface area contributed by atoms with E-state index in [0.717, 1.165) is 11.3 Å². The molecule has 0 N–H and O–H groups in total. The van der Waals surface area contributed by atoms with Gasteiger partial charge in [-0.25, -0.2) is 4.99 Å². The highest BCUT2D eigenvalue weighted by Crippen LogP contribution is 2.39. The number of carbonyl (C=O) groups is 2. The summed E-state index contributed by atoms with van der Waals surface area (Å²) in [6, 6.07) is 9.00. The number of esters is 1. The Labute approximate surface area is 209 Å². The average Bonchev–Trinajstić information content (AvgIpc) is 3.20. The lowest BCUT2D eigenvalue weighted by Gasteiger charge is -2.22. The van der Waals surface area contributed by atoms with E-state index in [2.05, 4.69) is 4.99 Å². The van der Waals surface area contributed by atoms with Crippen molar-refractivity contribution in [1.29, 1.82) is 0 Å². The predicted octanol–water partition coefficient (Wildman–Crippen LogP) is 5.89. The zero-order valence-corrected chi connectivity index (χ0v) is 21.4. The highest BCUT2D eigenvalue weighted by atomic mass is 35.5. The molecule has 2 aromatic carbocycles. The van der Waals surface area contributed by atoms with Crippen molar-refractivity contribution in [3.05, 3.63) is 51.5 Å². The van der Waals surface area contributed by atoms with Gasteiger partial charge >= 0.3 is 5.97 Å². The molecule has 1 aliphatic heterocycles. The van der Waals surface area contributed by atoms with E-state index in [4.69, 9.17) is 37.4 Å². The molecule has 2 aromatic rings. The number of anilines is 1. The third-order valence-electron chi connectivity index (χ3n) is 5.13. The number of benzene rings is 2. The van der Waals surface area contributed by atoms with Gasteiger partial charge in [-0.1, -0.05) is 35.3 Å². The first-order chi connectivity index (χ1) is 16.0. The minimum absolute atomic E-state index is 0.00775. The van der Waals surface area contributed by atoms with Crippen molar-refractivity contribution in [2.24, 2.45) is 4.99 Å². The second kappa shape index (κ2) is 10.7. The van der Waals surface area contributed by atoms with Crippen LogP contribution in [-0.2, 0) is 32.1 Å². The molecule has 1 aliphatic rings. The van der Waals surface area contributed by atoms with Crippen LogP contribution in [0.25, 0.3) is 0 Å². The summed E-state index contributed by atoms with van der Waals surface area (Å²) < 4.78 is 16.5. The molecule has 0 spiro atoms. The number of nitrogens with zero attached hydrogens (tertiary/aromatic N) is 2. The second-order valence-electron chi connectivity index (χ2n) is 8.84. The van der Waals surface area contributed by atoms with Crippen LogP contribution >= 0.6 is 23.2 Å². The SMILES string of the molecule is COC1=Nc2c(cccc2OCc2c(Cl)ccc(N(C)C(=O)CCC(=O)OC(C)(C)C)c2Cl)C1. The monoisotopic (exact) mass is 506 g/mol. The Balaban J connectivity index is 1.72. The highest BCUT2D eigenvalue weighted by Gasteiger charge is 2.23. The fourth-order valence-electron chi connectivity index (χ4n) is 3.43. The van der Waals surface area contributed by atoms with E-state index >= 15 is 0 Å². The van der Waals surface area contributed by atoms with Crippen molar-refractivity contribution in [3.8, 4) is 5.75 Å². The van der Waals surface area contributed by atoms with Crippen molar-refractivity contribution in [2.75, 3.05) is 19.1 Å². The number of methoxy groups -OCH3 is 1. The van der Waals surface area contributed by atoms with Crippen LogP contribution in [0.1, 0.15) is 44.7 Å². The number of amides is 1. The zero-order valence-electron chi connectivity index (χ0n) is 19.9. The van der Waals surface area contributed by atoms with E-state index in [9.17, 15) is 9.59 Å². The molecule has 9 heteroatoms. The number of hydrogen-bond donors (Lipinski definition) is 0. The van der Waals surface area contributed by atoms with E-state index in [0.29, 0.717) is 39.4 Å². The molecule has 34 heavy (non-hydrogen) atoms. The minimum atomic E-state index is -0.601. The van der Waals surface area contributed by atoms with Crippen molar-refractivity contribution in [2.45, 2.75) is 52.2 Å². The minimum Gasteiger partial charge on any atom is -0.487 e. The summed E-state index contributed by atoms with van der Waals surface area (Å²) in [4.78, 5) is 30.5. The maximum absolute atomic E-state index is 12.7. The van der Waals surface area contributed by atoms with Gasteiger partial charge in [0.1, 0.15) is 23.6 Å². The summed E-state index contributed by atoms with van der Waals surface area (Å²) >= 11 is 13.0. The van der Waals surface area contributed by atoms with Gasteiger partial charge in [-0.2, -0.15) is 0 Å². The predicted molar refractivity (Wildman–Crippen MR) is 134 cm³/mol. The van der Waals surface area contributed by atoms with Crippen LogP contribution in [0.4, 0.5) is 11.4 Å². The molecule has 0 aliphatic carbocycles. The quantitative estimate of drug-likeness (QED) is 0.437. The van der Waals surface area contributed by atoms with Gasteiger partial charge in [-0.15, -0.1) is 0 Å². The van der Waals surface area contributed by atoms with Crippen molar-refractivity contribution < 1.29 is 23.8 Å². The van der Waals surface area contributed by atoms with Crippen LogP contribution in [0.5, 0.6) is 5.75 Å². The van der Waals surface area contributed by atoms with E-state index in [-0.39, 0.29) is 25.4 Å². The summed E-state index contributed by atoms with van der Waals surface area (Å²) in [5, 5.41) is 0.714. The molecule has 0 saturated carbocycles. The molecule has 1 heterocycles. The maximum atomic E-state index is 12.7. The van der Waals surface area contributed by atoms with Crippen LogP contribution in [0.3, 0.4) is 0 Å². The molecule has 0 bridgehead atoms. The third kappa shape index (κ3) is 6.21. The zero-order chi connectivity index (χ0) is 25.0. The Morgan fingerprint density at radius 3 is 2.53 bits per heavy atom. The van der Waals surface area contributed by atoms with Crippen LogP contribution < -0.4 is 9.64 Å². The van der Waals surface area contributed by atoms with E-state index in [1.807, 2.05) is 18.2 Å². The molecule has 1 amide bonds. The fourth-order valence-corrected chi connectivity index (χ4v) is 4.04. The number of carbonyl (C=O) groups excluding carboxylic acids is 2. The number of halogens is 2. The van der Waals surface area contributed by atoms with Gasteiger partial charge in [0.15, 0.2) is 5.90 Å². The van der Waals surface area contributed by atoms with Gasteiger partial charge in [0, 0.05) is 24.1 Å². The maximum Gasteiger partial charge on any atom is 0.306 e. The normalized spacial score (nSPS) is 12.6. The highest BCUT2D eigenvalue weighted by molar-refractivity contribution is 6.38. The van der Waals surface area contributed by atoms with Gasteiger partial charge in [0.2, 0.25) is 5.91 Å². The third-order valence-corrected chi connectivity index (χ3v) is 5.91. The summed E-state index contributed by atoms with van der Waals surface area (Å²) in [5.74, 6) is 0.504. The van der Waals surface area contributed by atoms with Crippen LogP contribution in [0.2, 0.25) is 10.0 Å². The standard InChI is InChI=1S/C25H28Cl2N2O5/c1-25(2,3)34-22(31)12-11-21(30)29(4)18-10-9-17(26)16(23(18)27)14-33-19-8-6-7-15-13-20(32-5)28-24(15)19/h6-10H,11-14H2,1-5H3. The number of hydrogen-bond acceptors (Lipinski definition) is 6. The van der Waals surface area contributed by atoms with Crippen molar-refractivity contribution in [3.63, 3.8) is 0 Å². The molecule has 0 atom stereocenters. The van der Waals surface area contributed by atoms with E-state index < -0.39 is 11.6 Å². The van der Waals surface area contributed by atoms with Crippen LogP contribution in [0.15, 0.2) is 35.3 Å². The number of para-hydroxylation sites is 1. The van der Waals surface area contributed by atoms with Crippen molar-refractivity contribution >= 4 is 52.4 Å². The average molecular weight is 507 g/mol. The van der Waals surface area contributed by atoms with Gasteiger partial charge in [0.25, 0.3) is 0 Å². The van der Waals surface area contributed by atoms with Gasteiger partial charge in [-0.3, -0.25) is 9.59 Å². The largest absolute Gasteiger partial charge is 0.487 e. The van der Waals surface area contributed by atoms with Crippen molar-refractivity contribution in [1.82, 2.24) is 0 Å². The molecule has 0 aromatic heterocycles. The van der Waals surface area contributed by atoms with Crippen LogP contribution in [0, 0.1) is 0 Å². The molecule has 7 nitrogen and oxygen atoms in total. The topological polar surface area (TPSA) is 77.4 Å². The van der Waals surface area contributed by atoms with Gasteiger partial charge in [-0.05, 0) is 44.5 Å². The Bertz CT molecular complexity index is 1130. The second-order valence-corrected chi connectivity index (χ2v) is 9.62. The number of ether oxygens (including phenoxy) is 3. The molecule has 3 rings (SSSR count). The number of fused-ring (bicyclic) bond motifs is 1. The Hall–Kier alpha value is -2.77. The first-order valence-electron chi connectivity index (χ1n) is 10.8. The lowest BCUT2D eigenvalue weighted by molar-refractivity contribution is -0.155. The van der Waals surface area contributed by atoms with Gasteiger partial charge in [0.05, 0.1) is 30.7 Å². The summed E-state index contributed by atoms with van der Waals surface area (Å²) in [6.45, 7) is 5.42. The summed E-state index contributed by atoms with van der Waals surface area (Å²) in [6.07, 6.45) is 0.577. The lowest BCUT2D eigenvalue weighted by atomic mass is 10.1. The lowest BCUT2D eigenvalue weighted by Crippen LogP contribution is -2.29. The first-order valence-corrected chi connectivity index (χ1v) is 11.6. The molecule has 0 unspecified atom stereocenters.